The number of halogens is 2. The molecule has 0 aliphatic rings. The van der Waals surface area contributed by atoms with Crippen molar-refractivity contribution < 1.29 is 23.5 Å². The SMILES string of the molecule is CC(C)Cc1c(F)cnc2nc(Cn3c(Cl)ccc(NC(=O)C(CC/C=C/C(=O)N(C)C)OC(=O)N(C)C)c3=O)[nH]c12. The van der Waals surface area contributed by atoms with Crippen LogP contribution in [0.1, 0.15) is 38.1 Å². The molecule has 1 unspecified atom stereocenters. The number of allylic oxidation sites excluding steroid dienone is 1. The predicted octanol–water partition coefficient (Wildman–Crippen LogP) is 3.59. The fourth-order valence-corrected chi connectivity index (χ4v) is 4.13. The largest absolute Gasteiger partial charge is 0.436 e. The van der Waals surface area contributed by atoms with Crippen LogP contribution in [0.15, 0.2) is 35.3 Å². The number of aromatic amines is 1. The van der Waals surface area contributed by atoms with Gasteiger partial charge in [-0.3, -0.25) is 19.0 Å². The molecule has 3 amide bonds. The molecule has 1 atom stereocenters. The normalized spacial score (nSPS) is 12.1. The van der Waals surface area contributed by atoms with Gasteiger partial charge in [0.15, 0.2) is 11.8 Å². The molecule has 0 spiro atoms. The number of hydrogen-bond acceptors (Lipinski definition) is 7. The highest BCUT2D eigenvalue weighted by molar-refractivity contribution is 6.29. The molecule has 0 aliphatic heterocycles. The van der Waals surface area contributed by atoms with E-state index in [1.807, 2.05) is 13.8 Å². The topological polar surface area (TPSA) is 143 Å². The van der Waals surface area contributed by atoms with E-state index in [9.17, 15) is 23.6 Å². The number of amides is 3. The van der Waals surface area contributed by atoms with Crippen molar-refractivity contribution in [3.63, 3.8) is 0 Å². The molecular weight excluding hydrogens is 569 g/mol. The van der Waals surface area contributed by atoms with Gasteiger partial charge in [-0.1, -0.05) is 31.5 Å². The molecular formula is C28H35ClFN7O5. The van der Waals surface area contributed by atoms with Gasteiger partial charge in [-0.2, -0.15) is 0 Å². The Bertz CT molecular complexity index is 1550. The quantitative estimate of drug-likeness (QED) is 0.252. The highest BCUT2D eigenvalue weighted by Gasteiger charge is 2.25. The van der Waals surface area contributed by atoms with Gasteiger partial charge in [0, 0.05) is 33.8 Å². The van der Waals surface area contributed by atoms with Crippen molar-refractivity contribution in [2.75, 3.05) is 33.5 Å². The van der Waals surface area contributed by atoms with Crippen molar-refractivity contribution in [3.05, 3.63) is 63.2 Å². The first-order chi connectivity index (χ1) is 19.8. The van der Waals surface area contributed by atoms with Gasteiger partial charge < -0.3 is 24.8 Å². The number of nitrogens with one attached hydrogen (secondary N) is 2. The second-order valence-corrected chi connectivity index (χ2v) is 10.9. The standard InChI is InChI=1S/C28H35ClFN7O5/c1-16(2)13-17-18(30)14-31-25-24(17)33-22(34-25)15-37-21(29)12-11-19(27(37)40)32-26(39)20(42-28(41)36(5)6)9-7-8-10-23(38)35(3)4/h8,10-12,14,16,20H,7,9,13,15H2,1-6H3,(H,32,39)(H,31,33,34)/b10-8+. The summed E-state index contributed by atoms with van der Waals surface area (Å²) in [6.07, 6.45) is 2.83. The highest BCUT2D eigenvalue weighted by Crippen LogP contribution is 2.22. The van der Waals surface area contributed by atoms with Crippen LogP contribution in [0.5, 0.6) is 0 Å². The fraction of sp³-hybridized carbons (Fsp3) is 0.429. The average molecular weight is 604 g/mol. The van der Waals surface area contributed by atoms with Gasteiger partial charge in [-0.05, 0) is 43.4 Å². The first kappa shape index (κ1) is 32.3. The van der Waals surface area contributed by atoms with E-state index in [1.165, 1.54) is 46.7 Å². The zero-order chi connectivity index (χ0) is 31.1. The van der Waals surface area contributed by atoms with E-state index in [0.29, 0.717) is 29.0 Å². The molecule has 3 aromatic heterocycles. The Balaban J connectivity index is 1.84. The molecule has 42 heavy (non-hydrogen) atoms. The molecule has 0 aliphatic carbocycles. The summed E-state index contributed by atoms with van der Waals surface area (Å²) in [6, 6.07) is 2.77. The van der Waals surface area contributed by atoms with Crippen molar-refractivity contribution in [2.24, 2.45) is 5.92 Å². The monoisotopic (exact) mass is 603 g/mol. The number of fused-ring (bicyclic) bond motifs is 1. The number of imidazole rings is 1. The van der Waals surface area contributed by atoms with Crippen LogP contribution in [0, 0.1) is 11.7 Å². The third-order valence-corrected chi connectivity index (χ3v) is 6.45. The number of aromatic nitrogens is 4. The van der Waals surface area contributed by atoms with Gasteiger partial charge >= 0.3 is 6.09 Å². The van der Waals surface area contributed by atoms with Crippen molar-refractivity contribution in [1.29, 1.82) is 0 Å². The van der Waals surface area contributed by atoms with Crippen molar-refractivity contribution in [2.45, 2.75) is 45.8 Å². The molecule has 3 aromatic rings. The van der Waals surface area contributed by atoms with Crippen LogP contribution in [-0.4, -0.2) is 81.5 Å². The Morgan fingerprint density at radius 1 is 1.19 bits per heavy atom. The second kappa shape index (κ2) is 14.1. The third-order valence-electron chi connectivity index (χ3n) is 6.12. The van der Waals surface area contributed by atoms with E-state index in [-0.39, 0.29) is 42.1 Å². The van der Waals surface area contributed by atoms with E-state index in [1.54, 1.807) is 20.2 Å². The Morgan fingerprint density at radius 2 is 1.90 bits per heavy atom. The van der Waals surface area contributed by atoms with E-state index < -0.39 is 29.5 Å². The molecule has 226 valence electrons. The Labute approximate surface area is 247 Å². The van der Waals surface area contributed by atoms with Crippen LogP contribution < -0.4 is 10.9 Å². The lowest BCUT2D eigenvalue weighted by Gasteiger charge is -2.20. The number of ether oxygens (including phenoxy) is 1. The van der Waals surface area contributed by atoms with Crippen LogP contribution >= 0.6 is 11.6 Å². The number of hydrogen-bond donors (Lipinski definition) is 2. The Morgan fingerprint density at radius 3 is 2.55 bits per heavy atom. The predicted molar refractivity (Wildman–Crippen MR) is 157 cm³/mol. The molecule has 0 saturated heterocycles. The lowest BCUT2D eigenvalue weighted by Crippen LogP contribution is -2.37. The zero-order valence-corrected chi connectivity index (χ0v) is 25.2. The van der Waals surface area contributed by atoms with Gasteiger partial charge in [-0.25, -0.2) is 19.2 Å². The van der Waals surface area contributed by atoms with Gasteiger partial charge in [0.1, 0.15) is 22.5 Å². The summed E-state index contributed by atoms with van der Waals surface area (Å²) in [4.78, 5) is 64.5. The summed E-state index contributed by atoms with van der Waals surface area (Å²) in [6.45, 7) is 3.83. The van der Waals surface area contributed by atoms with Crippen LogP contribution in [0.2, 0.25) is 5.15 Å². The third kappa shape index (κ3) is 8.15. The molecule has 0 radical (unpaired) electrons. The lowest BCUT2D eigenvalue weighted by molar-refractivity contribution is -0.125. The smallest absolute Gasteiger partial charge is 0.410 e. The van der Waals surface area contributed by atoms with Crippen molar-refractivity contribution >= 4 is 46.4 Å². The minimum absolute atomic E-state index is 0.0612. The van der Waals surface area contributed by atoms with E-state index in [4.69, 9.17) is 16.3 Å². The second-order valence-electron chi connectivity index (χ2n) is 10.5. The van der Waals surface area contributed by atoms with E-state index in [0.717, 1.165) is 6.20 Å². The fourth-order valence-electron chi connectivity index (χ4n) is 3.93. The zero-order valence-electron chi connectivity index (χ0n) is 24.4. The van der Waals surface area contributed by atoms with Crippen molar-refractivity contribution in [3.8, 4) is 0 Å². The van der Waals surface area contributed by atoms with Gasteiger partial charge in [0.25, 0.3) is 11.5 Å². The maximum Gasteiger partial charge on any atom is 0.410 e. The number of likely N-dealkylation sites (N-methyl/N-ethyl adjacent to an activating group) is 1. The number of rotatable bonds is 11. The first-order valence-electron chi connectivity index (χ1n) is 13.3. The number of carbonyl (C=O) groups excluding carboxylic acids is 3. The molecule has 0 aromatic carbocycles. The van der Waals surface area contributed by atoms with Crippen LogP contribution in [0.4, 0.5) is 14.9 Å². The number of nitrogens with zero attached hydrogens (tertiary/aromatic N) is 5. The van der Waals surface area contributed by atoms with Crippen LogP contribution in [-0.2, 0) is 27.3 Å². The number of H-pyrrole nitrogens is 1. The Kier molecular flexibility index (Phi) is 10.8. The summed E-state index contributed by atoms with van der Waals surface area (Å²) in [5.74, 6) is -0.908. The molecule has 3 rings (SSSR count). The molecule has 2 N–H and O–H groups in total. The summed E-state index contributed by atoms with van der Waals surface area (Å²) in [5, 5.41) is 2.60. The minimum Gasteiger partial charge on any atom is -0.436 e. The van der Waals surface area contributed by atoms with Gasteiger partial charge in [0.05, 0.1) is 18.3 Å². The van der Waals surface area contributed by atoms with E-state index in [2.05, 4.69) is 20.3 Å². The number of pyridine rings is 2. The molecule has 0 saturated carbocycles. The van der Waals surface area contributed by atoms with Crippen LogP contribution in [0.3, 0.4) is 0 Å². The summed E-state index contributed by atoms with van der Waals surface area (Å²) in [7, 11) is 6.16. The lowest BCUT2D eigenvalue weighted by atomic mass is 10.0. The summed E-state index contributed by atoms with van der Waals surface area (Å²) >= 11 is 6.33. The molecule has 12 nitrogen and oxygen atoms in total. The number of anilines is 1. The van der Waals surface area contributed by atoms with E-state index >= 15 is 0 Å². The highest BCUT2D eigenvalue weighted by atomic mass is 35.5. The first-order valence-corrected chi connectivity index (χ1v) is 13.6. The van der Waals surface area contributed by atoms with Gasteiger partial charge in [-0.15, -0.1) is 0 Å². The molecule has 0 bridgehead atoms. The molecule has 3 heterocycles. The maximum absolute atomic E-state index is 14.5. The van der Waals surface area contributed by atoms with Crippen molar-refractivity contribution in [1.82, 2.24) is 29.3 Å². The minimum atomic E-state index is -1.25. The number of carbonyl (C=O) groups is 3. The Hall–Kier alpha value is -4.26. The summed E-state index contributed by atoms with van der Waals surface area (Å²) < 4.78 is 21.0. The van der Waals surface area contributed by atoms with Crippen LogP contribution in [0.25, 0.3) is 11.2 Å². The molecule has 0 fully saturated rings. The van der Waals surface area contributed by atoms with Gasteiger partial charge in [0.2, 0.25) is 5.91 Å². The maximum atomic E-state index is 14.5. The average Bonchev–Trinajstić information content (AvgIpc) is 3.34. The summed E-state index contributed by atoms with van der Waals surface area (Å²) in [5.41, 5.74) is 0.468. The molecule has 14 heteroatoms.